The third-order valence-electron chi connectivity index (χ3n) is 13.6. The van der Waals surface area contributed by atoms with Crippen molar-refractivity contribution in [1.29, 1.82) is 0 Å². The van der Waals surface area contributed by atoms with Gasteiger partial charge >= 0.3 is 0 Å². The molecular formula is C56H31N3. The van der Waals surface area contributed by atoms with Crippen LogP contribution in [0.5, 0.6) is 0 Å². The van der Waals surface area contributed by atoms with E-state index in [-0.39, 0.29) is 0 Å². The minimum atomic E-state index is 1.17. The fourth-order valence-electron chi connectivity index (χ4n) is 11.4. The average molecular weight is 746 g/mol. The molecule has 0 aliphatic rings. The van der Waals surface area contributed by atoms with Gasteiger partial charge in [0.2, 0.25) is 0 Å². The van der Waals surface area contributed by atoms with E-state index in [2.05, 4.69) is 201 Å². The van der Waals surface area contributed by atoms with E-state index >= 15 is 0 Å². The Morgan fingerprint density at radius 3 is 1.71 bits per heavy atom. The summed E-state index contributed by atoms with van der Waals surface area (Å²) in [5.74, 6) is 0. The quantitative estimate of drug-likeness (QED) is 0.167. The molecule has 0 saturated heterocycles. The predicted molar refractivity (Wildman–Crippen MR) is 251 cm³/mol. The van der Waals surface area contributed by atoms with Crippen molar-refractivity contribution in [3.63, 3.8) is 0 Å². The number of nitrogens with zero attached hydrogens (tertiary/aromatic N) is 3. The summed E-state index contributed by atoms with van der Waals surface area (Å²) in [6, 6.07) is 70.2. The molecule has 270 valence electrons. The van der Waals surface area contributed by atoms with E-state index in [1.807, 2.05) is 0 Å². The summed E-state index contributed by atoms with van der Waals surface area (Å²) in [6.07, 6.45) is 0. The van der Waals surface area contributed by atoms with Gasteiger partial charge in [-0.15, -0.1) is 0 Å². The molecule has 0 radical (unpaired) electrons. The van der Waals surface area contributed by atoms with Gasteiger partial charge in [-0.1, -0.05) is 127 Å². The molecule has 0 N–H and O–H groups in total. The zero-order chi connectivity index (χ0) is 38.1. The summed E-state index contributed by atoms with van der Waals surface area (Å²) in [7, 11) is 0. The molecule has 0 spiro atoms. The van der Waals surface area contributed by atoms with Crippen LogP contribution in [0.1, 0.15) is 0 Å². The van der Waals surface area contributed by atoms with Crippen molar-refractivity contribution in [2.45, 2.75) is 0 Å². The Kier molecular flexibility index (Phi) is 5.41. The monoisotopic (exact) mass is 745 g/mol. The van der Waals surface area contributed by atoms with Crippen LogP contribution in [-0.4, -0.2) is 13.4 Å². The van der Waals surface area contributed by atoms with Crippen molar-refractivity contribution in [3.8, 4) is 16.8 Å². The Morgan fingerprint density at radius 2 is 0.864 bits per heavy atom. The highest BCUT2D eigenvalue weighted by Gasteiger charge is 2.27. The molecule has 3 heteroatoms. The molecule has 5 aromatic heterocycles. The number of aromatic nitrogens is 3. The van der Waals surface area contributed by atoms with Gasteiger partial charge in [-0.25, -0.2) is 0 Å². The van der Waals surface area contributed by atoms with Gasteiger partial charge in [0.05, 0.1) is 44.1 Å². The number of para-hydroxylation sites is 4. The van der Waals surface area contributed by atoms with E-state index in [4.69, 9.17) is 0 Å². The van der Waals surface area contributed by atoms with Crippen LogP contribution in [0.2, 0.25) is 0 Å². The van der Waals surface area contributed by atoms with Gasteiger partial charge in [-0.3, -0.25) is 0 Å². The number of hydrogen-bond donors (Lipinski definition) is 0. The van der Waals surface area contributed by atoms with Crippen LogP contribution in [0.4, 0.5) is 0 Å². The predicted octanol–water partition coefficient (Wildman–Crippen LogP) is 15.1. The van der Waals surface area contributed by atoms with Gasteiger partial charge in [-0.2, -0.15) is 0 Å². The Hall–Kier alpha value is -7.88. The molecule has 10 aromatic carbocycles. The Balaban J connectivity index is 1.13. The van der Waals surface area contributed by atoms with Gasteiger partial charge in [0.15, 0.2) is 0 Å². The first-order chi connectivity index (χ1) is 29.3. The fourth-order valence-corrected chi connectivity index (χ4v) is 11.4. The lowest BCUT2D eigenvalue weighted by atomic mass is 9.93. The fraction of sp³-hybridized carbons (Fsp3) is 0. The Labute approximate surface area is 336 Å². The summed E-state index contributed by atoms with van der Waals surface area (Å²) in [4.78, 5) is 0. The minimum Gasteiger partial charge on any atom is -0.309 e. The van der Waals surface area contributed by atoms with Crippen molar-refractivity contribution in [1.82, 2.24) is 13.4 Å². The molecule has 0 aliphatic heterocycles. The molecule has 3 nitrogen and oxygen atoms in total. The Morgan fingerprint density at radius 1 is 0.271 bits per heavy atom. The number of fused-ring (bicyclic) bond motifs is 19. The van der Waals surface area contributed by atoms with Gasteiger partial charge in [-0.05, 0) is 87.8 Å². The molecule has 0 atom stereocenters. The molecule has 5 heterocycles. The number of hydrogen-bond acceptors (Lipinski definition) is 0. The van der Waals surface area contributed by atoms with E-state index in [1.165, 1.54) is 136 Å². The summed E-state index contributed by atoms with van der Waals surface area (Å²) < 4.78 is 7.55. The maximum atomic E-state index is 2.61. The van der Waals surface area contributed by atoms with Crippen LogP contribution in [0.15, 0.2) is 188 Å². The van der Waals surface area contributed by atoms with Crippen LogP contribution in [-0.2, 0) is 0 Å². The lowest BCUT2D eigenvalue weighted by Gasteiger charge is -2.13. The van der Waals surface area contributed by atoms with E-state index in [9.17, 15) is 0 Å². The first-order valence-electron chi connectivity index (χ1n) is 20.5. The zero-order valence-electron chi connectivity index (χ0n) is 31.7. The van der Waals surface area contributed by atoms with Crippen molar-refractivity contribution in [2.24, 2.45) is 0 Å². The second kappa shape index (κ2) is 10.5. The molecule has 0 aliphatic carbocycles. The van der Waals surface area contributed by atoms with Crippen LogP contribution < -0.4 is 0 Å². The zero-order valence-corrected chi connectivity index (χ0v) is 31.7. The van der Waals surface area contributed by atoms with Gasteiger partial charge < -0.3 is 13.4 Å². The molecule has 59 heavy (non-hydrogen) atoms. The van der Waals surface area contributed by atoms with Crippen LogP contribution >= 0.6 is 0 Å². The van der Waals surface area contributed by atoms with Crippen molar-refractivity contribution >= 4 is 120 Å². The summed E-state index contributed by atoms with van der Waals surface area (Å²) >= 11 is 0. The SMILES string of the molecule is c1ccc(-n2c3ccccc3c3cc(-c4c5ccccc5cc5c6cccc7c8c9c%10cc%11ccccc%11c%11c%12ccccc%12n(c9ccc8n(c45)c67)c%10%11)ccc32)cc1. The topological polar surface area (TPSA) is 13.8 Å². The minimum absolute atomic E-state index is 1.17. The van der Waals surface area contributed by atoms with Gasteiger partial charge in [0.25, 0.3) is 0 Å². The van der Waals surface area contributed by atoms with Crippen molar-refractivity contribution in [3.05, 3.63) is 188 Å². The maximum Gasteiger partial charge on any atom is 0.0627 e. The smallest absolute Gasteiger partial charge is 0.0627 e. The lowest BCUT2D eigenvalue weighted by molar-refractivity contribution is 1.18. The summed E-state index contributed by atoms with van der Waals surface area (Å²) in [5.41, 5.74) is 13.8. The molecule has 0 bridgehead atoms. The van der Waals surface area contributed by atoms with E-state index in [1.54, 1.807) is 0 Å². The van der Waals surface area contributed by atoms with Gasteiger partial charge in [0.1, 0.15) is 0 Å². The second-order valence-corrected chi connectivity index (χ2v) is 16.4. The Bertz CT molecular complexity index is 4290. The summed E-state index contributed by atoms with van der Waals surface area (Å²) in [5, 5.41) is 18.2. The highest BCUT2D eigenvalue weighted by molar-refractivity contribution is 6.39. The largest absolute Gasteiger partial charge is 0.309 e. The molecule has 15 aromatic rings. The van der Waals surface area contributed by atoms with E-state index in [0.717, 1.165) is 0 Å². The first-order valence-corrected chi connectivity index (χ1v) is 20.5. The van der Waals surface area contributed by atoms with Crippen molar-refractivity contribution in [2.75, 3.05) is 0 Å². The maximum absolute atomic E-state index is 2.61. The van der Waals surface area contributed by atoms with Gasteiger partial charge in [0, 0.05) is 65.1 Å². The molecule has 15 rings (SSSR count). The first kappa shape index (κ1) is 30.3. The molecule has 0 unspecified atom stereocenters. The molecule has 0 saturated carbocycles. The standard InChI is InChI=1S/C56H31N3/c1-2-15-35(16-3-1)57-45-23-10-8-19-38(45)42-31-34(25-26-47(42)57)50-36-17-6-4-13-32(36)29-43-39-21-12-22-41-52-49(59(54(39)41)55(43)50)28-27-48-53(52)44-30-33-14-5-7-18-37(33)51-40-20-9-11-24-46(40)58(48)56(44)51/h1-31H. The molecule has 0 fully saturated rings. The highest BCUT2D eigenvalue weighted by atomic mass is 15.0. The number of benzene rings is 10. The van der Waals surface area contributed by atoms with Crippen LogP contribution in [0.25, 0.3) is 136 Å². The second-order valence-electron chi connectivity index (χ2n) is 16.4. The lowest BCUT2D eigenvalue weighted by Crippen LogP contribution is -1.93. The normalized spacial score (nSPS) is 12.7. The molecular weight excluding hydrogens is 715 g/mol. The highest BCUT2D eigenvalue weighted by Crippen LogP contribution is 2.50. The number of rotatable bonds is 2. The van der Waals surface area contributed by atoms with E-state index in [0.29, 0.717) is 0 Å². The van der Waals surface area contributed by atoms with Crippen molar-refractivity contribution < 1.29 is 0 Å². The van der Waals surface area contributed by atoms with E-state index < -0.39 is 0 Å². The average Bonchev–Trinajstić information content (AvgIpc) is 4.08. The van der Waals surface area contributed by atoms with Crippen LogP contribution in [0, 0.1) is 0 Å². The molecule has 0 amide bonds. The summed E-state index contributed by atoms with van der Waals surface area (Å²) in [6.45, 7) is 0. The third-order valence-corrected chi connectivity index (χ3v) is 13.6. The van der Waals surface area contributed by atoms with Crippen LogP contribution in [0.3, 0.4) is 0 Å². The third kappa shape index (κ3) is 3.58.